The van der Waals surface area contributed by atoms with E-state index in [2.05, 4.69) is 68.9 Å². The Morgan fingerprint density at radius 1 is 0.829 bits per heavy atom. The first-order valence-electron chi connectivity index (χ1n) is 14.7. The average molecular weight is 565 g/mol. The van der Waals surface area contributed by atoms with Crippen LogP contribution in [0.25, 0.3) is 16.9 Å². The Morgan fingerprint density at radius 2 is 1.46 bits per heavy atom. The van der Waals surface area contributed by atoms with Crippen LogP contribution >= 0.6 is 0 Å². The predicted octanol–water partition coefficient (Wildman–Crippen LogP) is 6.64. The number of para-hydroxylation sites is 2. The molecule has 0 N–H and O–H groups in total. The summed E-state index contributed by atoms with van der Waals surface area (Å²) in [5.41, 5.74) is 2.58. The van der Waals surface area contributed by atoms with Gasteiger partial charge in [0.15, 0.2) is 5.82 Å². The highest BCUT2D eigenvalue weighted by Crippen LogP contribution is 2.28. The highest BCUT2D eigenvalue weighted by Gasteiger charge is 2.22. The molecular formula is C32H42F2N6O. The van der Waals surface area contributed by atoms with Gasteiger partial charge in [-0.25, -0.2) is 23.7 Å². The SMILES string of the molecule is CCC.Cc1nc(N2CCOCC2)cc(-n2c(C(F)F)nc3ccccc32)n1.c1ccc(CCN2CCCC2)cc1. The molecule has 7 nitrogen and oxygen atoms in total. The Kier molecular flexibility index (Phi) is 11.6. The van der Waals surface area contributed by atoms with Crippen molar-refractivity contribution in [2.45, 2.75) is 52.9 Å². The van der Waals surface area contributed by atoms with Crippen LogP contribution in [0.2, 0.25) is 0 Å². The fourth-order valence-electron chi connectivity index (χ4n) is 4.98. The van der Waals surface area contributed by atoms with E-state index >= 15 is 0 Å². The summed E-state index contributed by atoms with van der Waals surface area (Å²) in [7, 11) is 0. The number of nitrogens with zero attached hydrogens (tertiary/aromatic N) is 6. The van der Waals surface area contributed by atoms with Gasteiger partial charge in [-0.15, -0.1) is 0 Å². The maximum Gasteiger partial charge on any atom is 0.296 e. The fourth-order valence-corrected chi connectivity index (χ4v) is 4.98. The summed E-state index contributed by atoms with van der Waals surface area (Å²) in [6.07, 6.45) is 2.55. The summed E-state index contributed by atoms with van der Waals surface area (Å²) in [6.45, 7) is 12.5. The maximum atomic E-state index is 13.6. The van der Waals surface area contributed by atoms with Crippen molar-refractivity contribution in [1.29, 1.82) is 0 Å². The Morgan fingerprint density at radius 3 is 2.15 bits per heavy atom. The number of aryl methyl sites for hydroxylation is 1. The molecule has 0 bridgehead atoms. The van der Waals surface area contributed by atoms with Crippen molar-refractivity contribution in [3.8, 4) is 5.82 Å². The zero-order chi connectivity index (χ0) is 29.0. The molecule has 0 atom stereocenters. The van der Waals surface area contributed by atoms with Gasteiger partial charge in [0.2, 0.25) is 0 Å². The van der Waals surface area contributed by atoms with Crippen molar-refractivity contribution in [3.63, 3.8) is 0 Å². The van der Waals surface area contributed by atoms with E-state index in [1.807, 2.05) is 0 Å². The molecule has 0 unspecified atom stereocenters. The van der Waals surface area contributed by atoms with Crippen LogP contribution in [0.5, 0.6) is 0 Å². The lowest BCUT2D eigenvalue weighted by Crippen LogP contribution is -2.37. The first-order chi connectivity index (χ1) is 20.0. The summed E-state index contributed by atoms with van der Waals surface area (Å²) < 4.78 is 33.9. The lowest BCUT2D eigenvalue weighted by atomic mass is 10.1. The molecule has 0 radical (unpaired) electrons. The molecule has 4 aromatic rings. The van der Waals surface area contributed by atoms with Gasteiger partial charge in [-0.05, 0) is 57.0 Å². The lowest BCUT2D eigenvalue weighted by molar-refractivity contribution is 0.122. The Hall–Kier alpha value is -3.43. The number of ether oxygens (including phenoxy) is 1. The van der Waals surface area contributed by atoms with E-state index in [0.717, 1.165) is 0 Å². The second-order valence-electron chi connectivity index (χ2n) is 10.3. The molecule has 4 heterocycles. The number of rotatable bonds is 6. The van der Waals surface area contributed by atoms with Crippen molar-refractivity contribution in [2.24, 2.45) is 0 Å². The molecule has 41 heavy (non-hydrogen) atoms. The molecule has 220 valence electrons. The molecule has 0 amide bonds. The molecule has 2 fully saturated rings. The molecule has 2 aliphatic rings. The van der Waals surface area contributed by atoms with Crippen LogP contribution in [-0.2, 0) is 11.2 Å². The predicted molar refractivity (Wildman–Crippen MR) is 161 cm³/mol. The Balaban J connectivity index is 0.000000203. The topological polar surface area (TPSA) is 59.3 Å². The van der Waals surface area contributed by atoms with Gasteiger partial charge in [-0.2, -0.15) is 0 Å². The van der Waals surface area contributed by atoms with Gasteiger partial charge in [0.25, 0.3) is 6.43 Å². The zero-order valence-electron chi connectivity index (χ0n) is 24.5. The Labute approximate surface area is 242 Å². The van der Waals surface area contributed by atoms with Crippen LogP contribution in [0.4, 0.5) is 14.6 Å². The number of halogens is 2. The smallest absolute Gasteiger partial charge is 0.296 e. The summed E-state index contributed by atoms with van der Waals surface area (Å²) in [6, 6.07) is 19.6. The number of benzene rings is 2. The van der Waals surface area contributed by atoms with E-state index in [-0.39, 0.29) is 5.82 Å². The highest BCUT2D eigenvalue weighted by atomic mass is 19.3. The number of anilines is 1. The number of alkyl halides is 2. The van der Waals surface area contributed by atoms with Gasteiger partial charge in [0.1, 0.15) is 17.5 Å². The highest BCUT2D eigenvalue weighted by molar-refractivity contribution is 5.78. The van der Waals surface area contributed by atoms with Crippen LogP contribution < -0.4 is 4.90 Å². The van der Waals surface area contributed by atoms with Crippen LogP contribution in [0.15, 0.2) is 60.7 Å². The molecule has 6 rings (SSSR count). The van der Waals surface area contributed by atoms with Gasteiger partial charge >= 0.3 is 0 Å². The number of likely N-dealkylation sites (tertiary alicyclic amines) is 1. The monoisotopic (exact) mass is 564 g/mol. The summed E-state index contributed by atoms with van der Waals surface area (Å²) in [4.78, 5) is 17.6. The molecular weight excluding hydrogens is 522 g/mol. The molecule has 2 aromatic heterocycles. The van der Waals surface area contributed by atoms with Crippen LogP contribution in [0.3, 0.4) is 0 Å². The van der Waals surface area contributed by atoms with Gasteiger partial charge in [0.05, 0.1) is 24.2 Å². The normalized spacial score (nSPS) is 15.4. The first-order valence-corrected chi connectivity index (χ1v) is 14.7. The van der Waals surface area contributed by atoms with Crippen LogP contribution in [0.1, 0.15) is 56.7 Å². The third kappa shape index (κ3) is 8.53. The van der Waals surface area contributed by atoms with E-state index < -0.39 is 6.43 Å². The van der Waals surface area contributed by atoms with E-state index in [1.54, 1.807) is 37.3 Å². The summed E-state index contributed by atoms with van der Waals surface area (Å²) in [5, 5.41) is 0. The minimum atomic E-state index is -2.70. The van der Waals surface area contributed by atoms with E-state index in [1.165, 1.54) is 55.4 Å². The average Bonchev–Trinajstić information content (AvgIpc) is 3.66. The second kappa shape index (κ2) is 15.5. The van der Waals surface area contributed by atoms with Crippen LogP contribution in [0, 0.1) is 6.92 Å². The number of fused-ring (bicyclic) bond motifs is 1. The number of hydrogen-bond acceptors (Lipinski definition) is 6. The Bertz CT molecular complexity index is 1330. The maximum absolute atomic E-state index is 13.6. The number of imidazole rings is 1. The molecule has 2 saturated heterocycles. The van der Waals surface area contributed by atoms with Crippen molar-refractivity contribution in [2.75, 3.05) is 50.8 Å². The molecule has 0 aliphatic carbocycles. The zero-order valence-corrected chi connectivity index (χ0v) is 24.5. The number of hydrogen-bond donors (Lipinski definition) is 0. The van der Waals surface area contributed by atoms with Crippen molar-refractivity contribution in [3.05, 3.63) is 77.9 Å². The lowest BCUT2D eigenvalue weighted by Gasteiger charge is -2.28. The first kappa shape index (κ1) is 30.5. The molecule has 2 aliphatic heterocycles. The molecule has 9 heteroatoms. The van der Waals surface area contributed by atoms with E-state index in [0.29, 0.717) is 54.8 Å². The minimum Gasteiger partial charge on any atom is -0.378 e. The van der Waals surface area contributed by atoms with Gasteiger partial charge < -0.3 is 14.5 Å². The quantitative estimate of drug-likeness (QED) is 0.262. The third-order valence-corrected chi connectivity index (χ3v) is 6.92. The van der Waals surface area contributed by atoms with Gasteiger partial charge in [-0.3, -0.25) is 4.57 Å². The van der Waals surface area contributed by atoms with E-state index in [4.69, 9.17) is 4.74 Å². The standard InChI is InChI=1S/C17H17F2N5O.C12H17N.C3H8/c1-11-20-14(23-6-8-25-9-7-23)10-15(21-11)24-13-5-3-2-4-12(13)22-17(24)16(18)19;1-2-6-12(7-3-1)8-11-13-9-4-5-10-13;1-3-2/h2-5,10,16H,6-9H2,1H3;1-3,6-7H,4-5,8-11H2;3H2,1-2H3. The number of morpholine rings is 1. The van der Waals surface area contributed by atoms with Gasteiger partial charge in [0, 0.05) is 25.7 Å². The van der Waals surface area contributed by atoms with E-state index in [9.17, 15) is 8.78 Å². The molecule has 2 aromatic carbocycles. The van der Waals surface area contributed by atoms with Gasteiger partial charge in [-0.1, -0.05) is 62.7 Å². The van der Waals surface area contributed by atoms with Crippen molar-refractivity contribution >= 4 is 16.9 Å². The van der Waals surface area contributed by atoms with Crippen molar-refractivity contribution < 1.29 is 13.5 Å². The summed E-state index contributed by atoms with van der Waals surface area (Å²) in [5.74, 6) is 1.33. The van der Waals surface area contributed by atoms with Crippen molar-refractivity contribution in [1.82, 2.24) is 24.4 Å². The fraction of sp³-hybridized carbons (Fsp3) is 0.469. The minimum absolute atomic E-state index is 0.313. The number of aromatic nitrogens is 4. The second-order valence-corrected chi connectivity index (χ2v) is 10.3. The molecule has 0 saturated carbocycles. The van der Waals surface area contributed by atoms with Crippen LogP contribution in [-0.4, -0.2) is 70.4 Å². The third-order valence-electron chi connectivity index (χ3n) is 6.92. The largest absolute Gasteiger partial charge is 0.378 e. The molecule has 0 spiro atoms. The summed E-state index contributed by atoms with van der Waals surface area (Å²) >= 11 is 0.